The summed E-state index contributed by atoms with van der Waals surface area (Å²) in [5.41, 5.74) is -0.778. The van der Waals surface area contributed by atoms with E-state index in [0.29, 0.717) is 24.3 Å². The van der Waals surface area contributed by atoms with Crippen LogP contribution in [0.5, 0.6) is 0 Å². The lowest BCUT2D eigenvalue weighted by Crippen LogP contribution is -2.61. The fraction of sp³-hybridized carbons (Fsp3) is 0.895. The molecule has 1 unspecified atom stereocenters. The number of aliphatic hydroxyl groups excluding tert-OH is 1. The number of nitrogens with zero attached hydrogens (tertiary/aromatic N) is 1. The monoisotopic (exact) mass is 335 g/mol. The van der Waals surface area contributed by atoms with Gasteiger partial charge in [0, 0.05) is 25.1 Å². The van der Waals surface area contributed by atoms with Crippen molar-refractivity contribution >= 4 is 11.9 Å². The SMILES string of the molecule is COC(=O)C12CC3C[C@H](C1)C(N1CC(CO)C(C)(C)C1=O)[C@H](C3)C2. The number of ether oxygens (including phenoxy) is 1. The first-order valence-electron chi connectivity index (χ1n) is 9.33. The molecule has 1 heterocycles. The van der Waals surface area contributed by atoms with Crippen LogP contribution in [0.15, 0.2) is 0 Å². The zero-order valence-electron chi connectivity index (χ0n) is 15.0. The van der Waals surface area contributed by atoms with Crippen LogP contribution in [0, 0.1) is 34.5 Å². The smallest absolute Gasteiger partial charge is 0.311 e. The van der Waals surface area contributed by atoms with Gasteiger partial charge in [0.05, 0.1) is 17.9 Å². The van der Waals surface area contributed by atoms with Gasteiger partial charge in [0.2, 0.25) is 5.91 Å². The average molecular weight is 335 g/mol. The number of carbonyl (C=O) groups is 2. The zero-order valence-corrected chi connectivity index (χ0v) is 15.0. The predicted octanol–water partition coefficient (Wildman–Crippen LogP) is 1.83. The van der Waals surface area contributed by atoms with Crippen molar-refractivity contribution in [2.45, 2.75) is 52.0 Å². The van der Waals surface area contributed by atoms with Crippen molar-refractivity contribution in [3.8, 4) is 0 Å². The lowest BCUT2D eigenvalue weighted by molar-refractivity contribution is -0.177. The van der Waals surface area contributed by atoms with Crippen LogP contribution >= 0.6 is 0 Å². The van der Waals surface area contributed by atoms with E-state index in [4.69, 9.17) is 4.74 Å². The van der Waals surface area contributed by atoms with E-state index in [1.54, 1.807) is 0 Å². The molecule has 4 aliphatic carbocycles. The first-order chi connectivity index (χ1) is 11.3. The molecule has 0 aromatic heterocycles. The van der Waals surface area contributed by atoms with Crippen LogP contribution in [-0.2, 0) is 14.3 Å². The number of amides is 1. The molecule has 24 heavy (non-hydrogen) atoms. The van der Waals surface area contributed by atoms with Gasteiger partial charge in [-0.25, -0.2) is 0 Å². The van der Waals surface area contributed by atoms with E-state index in [1.807, 2.05) is 13.8 Å². The molecule has 0 radical (unpaired) electrons. The Bertz CT molecular complexity index is 556. The quantitative estimate of drug-likeness (QED) is 0.799. The van der Waals surface area contributed by atoms with Gasteiger partial charge in [0.25, 0.3) is 0 Å². The van der Waals surface area contributed by atoms with Gasteiger partial charge in [0.1, 0.15) is 0 Å². The van der Waals surface area contributed by atoms with Gasteiger partial charge in [-0.2, -0.15) is 0 Å². The molecule has 1 N–H and O–H groups in total. The molecule has 5 heteroatoms. The Hall–Kier alpha value is -1.10. The van der Waals surface area contributed by atoms with Gasteiger partial charge in [0.15, 0.2) is 0 Å². The molecule has 4 bridgehead atoms. The first kappa shape index (κ1) is 16.4. The van der Waals surface area contributed by atoms with E-state index in [1.165, 1.54) is 7.11 Å². The lowest BCUT2D eigenvalue weighted by Gasteiger charge is -2.60. The van der Waals surface area contributed by atoms with Crippen LogP contribution in [0.25, 0.3) is 0 Å². The molecular weight excluding hydrogens is 306 g/mol. The molecule has 5 fully saturated rings. The van der Waals surface area contributed by atoms with Crippen LogP contribution in [0.2, 0.25) is 0 Å². The highest BCUT2D eigenvalue weighted by molar-refractivity contribution is 5.85. The van der Waals surface area contributed by atoms with E-state index in [-0.39, 0.29) is 35.9 Å². The summed E-state index contributed by atoms with van der Waals surface area (Å²) in [4.78, 5) is 27.5. The van der Waals surface area contributed by atoms with Crippen molar-refractivity contribution in [2.24, 2.45) is 34.5 Å². The van der Waals surface area contributed by atoms with E-state index in [0.717, 1.165) is 32.1 Å². The third-order valence-corrected chi connectivity index (χ3v) is 7.67. The molecule has 3 atom stereocenters. The van der Waals surface area contributed by atoms with Crippen molar-refractivity contribution in [3.05, 3.63) is 0 Å². The second kappa shape index (κ2) is 5.20. The van der Waals surface area contributed by atoms with Gasteiger partial charge in [-0.3, -0.25) is 9.59 Å². The molecule has 0 aromatic carbocycles. The van der Waals surface area contributed by atoms with E-state index in [2.05, 4.69) is 4.90 Å². The van der Waals surface area contributed by atoms with Crippen molar-refractivity contribution < 1.29 is 19.4 Å². The van der Waals surface area contributed by atoms with Crippen LogP contribution in [-0.4, -0.2) is 48.2 Å². The van der Waals surface area contributed by atoms with Crippen LogP contribution in [0.1, 0.15) is 46.0 Å². The number of methoxy groups -OCH3 is 1. The number of aliphatic hydroxyl groups is 1. The number of esters is 1. The first-order valence-corrected chi connectivity index (χ1v) is 9.33. The van der Waals surface area contributed by atoms with E-state index < -0.39 is 5.41 Å². The summed E-state index contributed by atoms with van der Waals surface area (Å²) < 4.78 is 5.13. The van der Waals surface area contributed by atoms with Crippen LogP contribution in [0.4, 0.5) is 0 Å². The van der Waals surface area contributed by atoms with Crippen molar-refractivity contribution in [2.75, 3.05) is 20.3 Å². The Morgan fingerprint density at radius 2 is 1.88 bits per heavy atom. The summed E-state index contributed by atoms with van der Waals surface area (Å²) in [5, 5.41) is 9.69. The minimum Gasteiger partial charge on any atom is -0.469 e. The molecule has 5 nitrogen and oxygen atoms in total. The number of likely N-dealkylation sites (tertiary alicyclic amines) is 1. The fourth-order valence-corrected chi connectivity index (χ4v) is 6.61. The minimum atomic E-state index is -0.483. The Labute approximate surface area is 143 Å². The van der Waals surface area contributed by atoms with Gasteiger partial charge in [-0.1, -0.05) is 13.8 Å². The summed E-state index contributed by atoms with van der Waals surface area (Å²) in [6.45, 7) is 4.65. The van der Waals surface area contributed by atoms with Crippen LogP contribution in [0.3, 0.4) is 0 Å². The maximum atomic E-state index is 13.0. The number of hydrogen-bond acceptors (Lipinski definition) is 4. The summed E-state index contributed by atoms with van der Waals surface area (Å²) in [7, 11) is 1.50. The van der Waals surface area contributed by atoms with Gasteiger partial charge in [-0.15, -0.1) is 0 Å². The molecule has 0 spiro atoms. The normalized spacial score (nSPS) is 45.8. The third kappa shape index (κ3) is 2.03. The molecule has 1 saturated heterocycles. The number of rotatable bonds is 3. The molecule has 0 aromatic rings. The second-order valence-corrected chi connectivity index (χ2v) is 9.29. The Morgan fingerprint density at radius 3 is 2.38 bits per heavy atom. The fourth-order valence-electron chi connectivity index (χ4n) is 6.61. The Balaban J connectivity index is 1.62. The highest BCUT2D eigenvalue weighted by Crippen LogP contribution is 2.62. The topological polar surface area (TPSA) is 66.8 Å². The number of carbonyl (C=O) groups excluding carboxylic acids is 2. The standard InChI is InChI=1S/C19H29NO4/c1-18(2)14(10-21)9-20(16(18)22)15-12-4-11-5-13(15)8-19(6-11,7-12)17(23)24-3/h11-15,21H,4-10H2,1-3H3/t11?,12-,13-,14?,15?,19?/m1/s1. The maximum Gasteiger partial charge on any atom is 0.311 e. The average Bonchev–Trinajstić information content (AvgIpc) is 2.76. The molecular formula is C19H29NO4. The summed E-state index contributed by atoms with van der Waals surface area (Å²) in [6, 6.07) is 0.252. The van der Waals surface area contributed by atoms with Gasteiger partial charge in [-0.05, 0) is 49.9 Å². The summed E-state index contributed by atoms with van der Waals surface area (Å²) in [6.07, 6.45) is 4.97. The predicted molar refractivity (Wildman–Crippen MR) is 87.9 cm³/mol. The minimum absolute atomic E-state index is 0.0109. The van der Waals surface area contributed by atoms with E-state index in [9.17, 15) is 14.7 Å². The Kier molecular flexibility index (Phi) is 3.55. The summed E-state index contributed by atoms with van der Waals surface area (Å²) >= 11 is 0. The molecule has 1 amide bonds. The molecule has 5 aliphatic rings. The van der Waals surface area contributed by atoms with Gasteiger partial charge >= 0.3 is 5.97 Å². The summed E-state index contributed by atoms with van der Waals surface area (Å²) in [5.74, 6) is 1.59. The molecule has 1 aliphatic heterocycles. The van der Waals surface area contributed by atoms with Crippen LogP contribution < -0.4 is 0 Å². The number of hydrogen-bond donors (Lipinski definition) is 1. The van der Waals surface area contributed by atoms with Crippen molar-refractivity contribution in [3.63, 3.8) is 0 Å². The third-order valence-electron chi connectivity index (χ3n) is 7.67. The molecule has 4 saturated carbocycles. The zero-order chi connectivity index (χ0) is 17.3. The molecule has 5 rings (SSSR count). The van der Waals surface area contributed by atoms with Gasteiger partial charge < -0.3 is 14.7 Å². The highest BCUT2D eigenvalue weighted by Gasteiger charge is 2.62. The highest BCUT2D eigenvalue weighted by atomic mass is 16.5. The van der Waals surface area contributed by atoms with Crippen molar-refractivity contribution in [1.29, 1.82) is 0 Å². The largest absolute Gasteiger partial charge is 0.469 e. The van der Waals surface area contributed by atoms with Crippen molar-refractivity contribution in [1.82, 2.24) is 4.90 Å². The lowest BCUT2D eigenvalue weighted by atomic mass is 9.47. The molecule has 134 valence electrons. The maximum absolute atomic E-state index is 13.0. The Morgan fingerprint density at radius 1 is 1.25 bits per heavy atom. The second-order valence-electron chi connectivity index (χ2n) is 9.29. The van der Waals surface area contributed by atoms with E-state index >= 15 is 0 Å².